The van der Waals surface area contributed by atoms with Gasteiger partial charge in [-0.05, 0) is 19.9 Å². The molecule has 1 rings (SSSR count). The Labute approximate surface area is 70.0 Å². The van der Waals surface area contributed by atoms with Crippen LogP contribution in [0.3, 0.4) is 0 Å². The zero-order valence-corrected chi connectivity index (χ0v) is 7.47. The minimum absolute atomic E-state index is 0.718. The summed E-state index contributed by atoms with van der Waals surface area (Å²) in [4.78, 5) is 2.54. The Morgan fingerprint density at radius 1 is 1.64 bits per heavy atom. The molecule has 1 radical (unpaired) electrons. The van der Waals surface area contributed by atoms with E-state index in [9.17, 15) is 0 Å². The minimum atomic E-state index is 0.718. The van der Waals surface area contributed by atoms with Gasteiger partial charge in [0.25, 0.3) is 0 Å². The van der Waals surface area contributed by atoms with Gasteiger partial charge in [0.15, 0.2) is 0 Å². The van der Waals surface area contributed by atoms with Gasteiger partial charge in [-0.2, -0.15) is 0 Å². The van der Waals surface area contributed by atoms with Crippen LogP contribution in [0, 0.1) is 6.92 Å². The molecule has 1 N–H and O–H groups in total. The number of hydrogen-bond acceptors (Lipinski definition) is 2. The maximum atomic E-state index is 3.85. The van der Waals surface area contributed by atoms with Gasteiger partial charge in [0.2, 0.25) is 0 Å². The van der Waals surface area contributed by atoms with Gasteiger partial charge in [-0.15, -0.1) is 0 Å². The summed E-state index contributed by atoms with van der Waals surface area (Å²) in [5, 5.41) is 3.38. The van der Waals surface area contributed by atoms with Gasteiger partial charge in [0.05, 0.1) is 0 Å². The first-order chi connectivity index (χ1) is 5.34. The predicted octanol–water partition coefficient (Wildman–Crippen LogP) is 0.894. The first kappa shape index (κ1) is 9.01. The van der Waals surface area contributed by atoms with E-state index < -0.39 is 0 Å². The van der Waals surface area contributed by atoms with Crippen molar-refractivity contribution < 1.29 is 0 Å². The molecule has 0 aliphatic carbocycles. The third kappa shape index (κ3) is 2.80. The van der Waals surface area contributed by atoms with Gasteiger partial charge in [0, 0.05) is 25.7 Å². The van der Waals surface area contributed by atoms with E-state index in [0.29, 0.717) is 0 Å². The highest BCUT2D eigenvalue weighted by molar-refractivity contribution is 4.75. The van der Waals surface area contributed by atoms with Gasteiger partial charge >= 0.3 is 0 Å². The monoisotopic (exact) mass is 155 g/mol. The molecular weight excluding hydrogens is 136 g/mol. The standard InChI is InChI=1S/C9H19N2/c1-3-4-6-11-7-5-10-8-9(11)2/h9-10H,1,3-8H2,2H3. The Morgan fingerprint density at radius 3 is 3.09 bits per heavy atom. The molecule has 1 aliphatic rings. The molecule has 1 atom stereocenters. The molecule has 2 heteroatoms. The lowest BCUT2D eigenvalue weighted by molar-refractivity contribution is 0.172. The lowest BCUT2D eigenvalue weighted by atomic mass is 10.2. The van der Waals surface area contributed by atoms with Crippen molar-refractivity contribution >= 4 is 0 Å². The van der Waals surface area contributed by atoms with Crippen molar-refractivity contribution in [1.82, 2.24) is 10.2 Å². The quantitative estimate of drug-likeness (QED) is 0.651. The molecule has 1 aliphatic heterocycles. The van der Waals surface area contributed by atoms with E-state index in [1.165, 1.54) is 19.5 Å². The van der Waals surface area contributed by atoms with Crippen LogP contribution in [-0.2, 0) is 0 Å². The summed E-state index contributed by atoms with van der Waals surface area (Å²) in [5.41, 5.74) is 0. The smallest absolute Gasteiger partial charge is 0.0192 e. The molecule has 0 aromatic carbocycles. The number of hydrogen-bond donors (Lipinski definition) is 1. The molecule has 1 fully saturated rings. The van der Waals surface area contributed by atoms with Crippen LogP contribution in [0.5, 0.6) is 0 Å². The Bertz CT molecular complexity index is 104. The summed E-state index contributed by atoms with van der Waals surface area (Å²) in [6, 6.07) is 0.718. The van der Waals surface area contributed by atoms with Gasteiger partial charge in [-0.3, -0.25) is 4.90 Å². The first-order valence-corrected chi connectivity index (χ1v) is 4.58. The van der Waals surface area contributed by atoms with Crippen LogP contribution in [0.4, 0.5) is 0 Å². The van der Waals surface area contributed by atoms with Crippen LogP contribution in [0.2, 0.25) is 0 Å². The van der Waals surface area contributed by atoms with E-state index in [4.69, 9.17) is 0 Å². The molecule has 0 aromatic heterocycles. The molecule has 2 nitrogen and oxygen atoms in total. The molecule has 0 aromatic rings. The van der Waals surface area contributed by atoms with Crippen LogP contribution in [0.25, 0.3) is 0 Å². The Hall–Kier alpha value is -0.0800. The third-order valence-corrected chi connectivity index (χ3v) is 2.33. The summed E-state index contributed by atoms with van der Waals surface area (Å²) in [7, 11) is 0. The molecule has 65 valence electrons. The molecule has 11 heavy (non-hydrogen) atoms. The zero-order valence-electron chi connectivity index (χ0n) is 7.47. The van der Waals surface area contributed by atoms with E-state index in [2.05, 4.69) is 24.1 Å². The van der Waals surface area contributed by atoms with Crippen molar-refractivity contribution in [3.05, 3.63) is 6.92 Å². The van der Waals surface area contributed by atoms with E-state index in [-0.39, 0.29) is 0 Å². The normalized spacial score (nSPS) is 27.3. The van der Waals surface area contributed by atoms with Crippen molar-refractivity contribution in [2.75, 3.05) is 26.2 Å². The highest BCUT2D eigenvalue weighted by atomic mass is 15.2. The first-order valence-electron chi connectivity index (χ1n) is 4.58. The molecule has 0 amide bonds. The largest absolute Gasteiger partial charge is 0.314 e. The summed E-state index contributed by atoms with van der Waals surface area (Å²) in [6.07, 6.45) is 2.31. The van der Waals surface area contributed by atoms with Gasteiger partial charge in [-0.25, -0.2) is 0 Å². The molecule has 0 bridgehead atoms. The van der Waals surface area contributed by atoms with Crippen LogP contribution in [-0.4, -0.2) is 37.1 Å². The molecular formula is C9H19N2. The van der Waals surface area contributed by atoms with Crippen LogP contribution in [0.1, 0.15) is 19.8 Å². The van der Waals surface area contributed by atoms with Crippen molar-refractivity contribution in [1.29, 1.82) is 0 Å². The number of nitrogens with zero attached hydrogens (tertiary/aromatic N) is 1. The number of piperazine rings is 1. The molecule has 1 saturated heterocycles. The van der Waals surface area contributed by atoms with Crippen LogP contribution < -0.4 is 5.32 Å². The fraction of sp³-hybridized carbons (Fsp3) is 0.889. The molecule has 1 heterocycles. The second-order valence-electron chi connectivity index (χ2n) is 3.30. The number of nitrogens with one attached hydrogen (secondary N) is 1. The summed E-state index contributed by atoms with van der Waals surface area (Å²) in [5.74, 6) is 0. The second kappa shape index (κ2) is 4.73. The molecule has 0 saturated carbocycles. The number of unbranched alkanes of at least 4 members (excludes halogenated alkanes) is 1. The van der Waals surface area contributed by atoms with Crippen molar-refractivity contribution in [3.63, 3.8) is 0 Å². The molecule has 1 unspecified atom stereocenters. The van der Waals surface area contributed by atoms with Crippen LogP contribution >= 0.6 is 0 Å². The minimum Gasteiger partial charge on any atom is -0.314 e. The average Bonchev–Trinajstić information content (AvgIpc) is 2.03. The maximum absolute atomic E-state index is 3.85. The number of rotatable bonds is 3. The van der Waals surface area contributed by atoms with Crippen LogP contribution in [0.15, 0.2) is 0 Å². The second-order valence-corrected chi connectivity index (χ2v) is 3.30. The van der Waals surface area contributed by atoms with Gasteiger partial charge < -0.3 is 5.32 Å². The zero-order chi connectivity index (χ0) is 8.10. The Kier molecular flexibility index (Phi) is 3.87. The maximum Gasteiger partial charge on any atom is 0.0192 e. The lowest BCUT2D eigenvalue weighted by Crippen LogP contribution is -2.49. The predicted molar refractivity (Wildman–Crippen MR) is 48.5 cm³/mol. The van der Waals surface area contributed by atoms with Crippen molar-refractivity contribution in [3.8, 4) is 0 Å². The topological polar surface area (TPSA) is 15.3 Å². The van der Waals surface area contributed by atoms with Crippen molar-refractivity contribution in [2.45, 2.75) is 25.8 Å². The van der Waals surface area contributed by atoms with Gasteiger partial charge in [-0.1, -0.05) is 13.3 Å². The lowest BCUT2D eigenvalue weighted by Gasteiger charge is -2.33. The summed E-state index contributed by atoms with van der Waals surface area (Å²) < 4.78 is 0. The van der Waals surface area contributed by atoms with E-state index >= 15 is 0 Å². The van der Waals surface area contributed by atoms with E-state index in [1.54, 1.807) is 0 Å². The van der Waals surface area contributed by atoms with E-state index in [1.807, 2.05) is 0 Å². The fourth-order valence-corrected chi connectivity index (χ4v) is 1.53. The highest BCUT2D eigenvalue weighted by Gasteiger charge is 2.15. The Morgan fingerprint density at radius 2 is 2.45 bits per heavy atom. The summed E-state index contributed by atoms with van der Waals surface area (Å²) in [6.45, 7) is 10.9. The van der Waals surface area contributed by atoms with Gasteiger partial charge in [0.1, 0.15) is 0 Å². The Balaban J connectivity index is 2.18. The van der Waals surface area contributed by atoms with E-state index in [0.717, 1.165) is 25.6 Å². The SMILES string of the molecule is [CH2]CCCN1CCNCC1C. The third-order valence-electron chi connectivity index (χ3n) is 2.33. The summed E-state index contributed by atoms with van der Waals surface area (Å²) >= 11 is 0. The fourth-order valence-electron chi connectivity index (χ4n) is 1.53. The average molecular weight is 155 g/mol. The highest BCUT2D eigenvalue weighted by Crippen LogP contribution is 2.03. The molecule has 0 spiro atoms. The van der Waals surface area contributed by atoms with Crippen molar-refractivity contribution in [2.24, 2.45) is 0 Å².